The van der Waals surface area contributed by atoms with Gasteiger partial charge in [-0.05, 0) is 12.3 Å². The van der Waals surface area contributed by atoms with Gasteiger partial charge in [0.2, 0.25) is 0 Å². The van der Waals surface area contributed by atoms with Crippen molar-refractivity contribution < 1.29 is 5.11 Å². The Morgan fingerprint density at radius 1 is 1.60 bits per heavy atom. The molecule has 2 heteroatoms. The summed E-state index contributed by atoms with van der Waals surface area (Å²) in [5, 5.41) is 8.82. The molecule has 59 valence electrons. The van der Waals surface area contributed by atoms with Gasteiger partial charge in [-0.25, -0.2) is 0 Å². The third-order valence-electron chi connectivity index (χ3n) is 2.00. The van der Waals surface area contributed by atoms with Crippen molar-refractivity contribution in [1.29, 1.82) is 0 Å². The molecule has 0 saturated carbocycles. The number of rotatable bonds is 3. The third kappa shape index (κ3) is 1.70. The highest BCUT2D eigenvalue weighted by atomic mass is 16.3. The van der Waals surface area contributed by atoms with Gasteiger partial charge in [0.1, 0.15) is 0 Å². The predicted octanol–water partition coefficient (Wildman–Crippen LogP) is 0.667. The molecule has 1 N–H and O–H groups in total. The van der Waals surface area contributed by atoms with Gasteiger partial charge in [-0.15, -0.1) is 0 Å². The van der Waals surface area contributed by atoms with Crippen molar-refractivity contribution in [2.45, 2.75) is 26.3 Å². The second-order valence-corrected chi connectivity index (χ2v) is 3.30. The first-order valence-corrected chi connectivity index (χ1v) is 3.88. The van der Waals surface area contributed by atoms with Crippen LogP contribution in [0.2, 0.25) is 0 Å². The van der Waals surface area contributed by atoms with Crippen LogP contribution in [-0.2, 0) is 0 Å². The molecule has 0 unspecified atom stereocenters. The van der Waals surface area contributed by atoms with Crippen molar-refractivity contribution in [1.82, 2.24) is 4.90 Å². The van der Waals surface area contributed by atoms with Gasteiger partial charge in [-0.2, -0.15) is 0 Å². The highest BCUT2D eigenvalue weighted by Gasteiger charge is 2.26. The lowest BCUT2D eigenvalue weighted by Crippen LogP contribution is -2.50. The number of aliphatic hydroxyl groups is 1. The summed E-state index contributed by atoms with van der Waals surface area (Å²) in [6.07, 6.45) is 1.17. The van der Waals surface area contributed by atoms with Gasteiger partial charge in [0.15, 0.2) is 0 Å². The zero-order valence-electron chi connectivity index (χ0n) is 6.80. The topological polar surface area (TPSA) is 23.5 Å². The van der Waals surface area contributed by atoms with E-state index in [2.05, 4.69) is 18.7 Å². The first-order chi connectivity index (χ1) is 4.74. The van der Waals surface area contributed by atoms with E-state index in [9.17, 15) is 0 Å². The van der Waals surface area contributed by atoms with Gasteiger partial charge in [0.05, 0.1) is 6.61 Å². The van der Waals surface area contributed by atoms with Crippen LogP contribution in [0.4, 0.5) is 0 Å². The first-order valence-electron chi connectivity index (χ1n) is 3.88. The normalized spacial score (nSPS) is 27.0. The summed E-state index contributed by atoms with van der Waals surface area (Å²) in [6.45, 7) is 6.81. The van der Waals surface area contributed by atoms with Crippen LogP contribution in [0.25, 0.3) is 0 Å². The van der Waals surface area contributed by atoms with Crippen molar-refractivity contribution in [3.05, 3.63) is 5.92 Å². The smallest absolute Gasteiger partial charge is 0.0587 e. The van der Waals surface area contributed by atoms with E-state index in [1.165, 1.54) is 12.3 Å². The highest BCUT2D eigenvalue weighted by molar-refractivity contribution is 4.90. The molecule has 1 aliphatic heterocycles. The van der Waals surface area contributed by atoms with E-state index in [0.29, 0.717) is 12.6 Å². The number of likely N-dealkylation sites (tertiary alicyclic amines) is 1. The predicted molar refractivity (Wildman–Crippen MR) is 41.7 cm³/mol. The Hall–Kier alpha value is -0.0800. The quantitative estimate of drug-likeness (QED) is 0.626. The molecule has 0 aromatic heterocycles. The van der Waals surface area contributed by atoms with E-state index in [0.717, 1.165) is 13.1 Å². The zero-order chi connectivity index (χ0) is 7.56. The van der Waals surface area contributed by atoms with Crippen LogP contribution in [0.5, 0.6) is 0 Å². The van der Waals surface area contributed by atoms with E-state index in [4.69, 9.17) is 5.11 Å². The summed E-state index contributed by atoms with van der Waals surface area (Å²) in [5.41, 5.74) is 0. The molecule has 10 heavy (non-hydrogen) atoms. The summed E-state index contributed by atoms with van der Waals surface area (Å²) in [4.78, 5) is 2.31. The second kappa shape index (κ2) is 3.35. The largest absolute Gasteiger partial charge is 0.395 e. The fourth-order valence-corrected chi connectivity index (χ4v) is 1.32. The first kappa shape index (κ1) is 8.02. The number of nitrogens with zero attached hydrogens (tertiary/aromatic N) is 1. The van der Waals surface area contributed by atoms with Crippen molar-refractivity contribution in [3.8, 4) is 0 Å². The summed E-state index contributed by atoms with van der Waals surface area (Å²) in [6, 6.07) is 0.454. The molecular weight excluding hydrogens is 126 g/mol. The minimum atomic E-state index is 0.327. The van der Waals surface area contributed by atoms with Crippen LogP contribution in [0.3, 0.4) is 0 Å². The molecular formula is C8H16NO. The summed E-state index contributed by atoms with van der Waals surface area (Å²) in [7, 11) is 0. The van der Waals surface area contributed by atoms with Gasteiger partial charge in [0, 0.05) is 19.1 Å². The van der Waals surface area contributed by atoms with Crippen molar-refractivity contribution in [2.24, 2.45) is 0 Å². The minimum absolute atomic E-state index is 0.327. The lowest BCUT2D eigenvalue weighted by molar-refractivity contribution is 0.0469. The Bertz CT molecular complexity index is 101. The SMILES string of the molecule is C[C](C)CN1CC[C@@H]1CO. The average molecular weight is 142 g/mol. The maximum Gasteiger partial charge on any atom is 0.0587 e. The molecule has 1 aliphatic rings. The van der Waals surface area contributed by atoms with E-state index < -0.39 is 0 Å². The zero-order valence-corrected chi connectivity index (χ0v) is 6.80. The molecule has 0 aromatic rings. The van der Waals surface area contributed by atoms with Gasteiger partial charge >= 0.3 is 0 Å². The van der Waals surface area contributed by atoms with Gasteiger partial charge in [0.25, 0.3) is 0 Å². The summed E-state index contributed by atoms with van der Waals surface area (Å²) >= 11 is 0. The van der Waals surface area contributed by atoms with Crippen molar-refractivity contribution in [3.63, 3.8) is 0 Å². The molecule has 2 nitrogen and oxygen atoms in total. The van der Waals surface area contributed by atoms with Crippen LogP contribution in [0.15, 0.2) is 0 Å². The third-order valence-corrected chi connectivity index (χ3v) is 2.00. The monoisotopic (exact) mass is 142 g/mol. The summed E-state index contributed by atoms with van der Waals surface area (Å²) < 4.78 is 0. The van der Waals surface area contributed by atoms with Crippen molar-refractivity contribution in [2.75, 3.05) is 19.7 Å². The van der Waals surface area contributed by atoms with E-state index >= 15 is 0 Å². The fourth-order valence-electron chi connectivity index (χ4n) is 1.32. The Labute approximate surface area is 62.8 Å². The second-order valence-electron chi connectivity index (χ2n) is 3.30. The number of aliphatic hydroxyl groups excluding tert-OH is 1. The average Bonchev–Trinajstić information content (AvgIpc) is 1.82. The van der Waals surface area contributed by atoms with Gasteiger partial charge in [-0.3, -0.25) is 4.90 Å². The Balaban J connectivity index is 2.16. The van der Waals surface area contributed by atoms with Crippen molar-refractivity contribution >= 4 is 0 Å². The standard InChI is InChI=1S/C8H16NO/c1-7(2)5-9-4-3-8(9)6-10/h8,10H,3-6H2,1-2H3/t8-/m1/s1. The molecule has 1 fully saturated rings. The molecule has 0 aromatic carbocycles. The number of hydrogen-bond donors (Lipinski definition) is 1. The maximum atomic E-state index is 8.82. The minimum Gasteiger partial charge on any atom is -0.395 e. The Morgan fingerprint density at radius 2 is 2.30 bits per heavy atom. The van der Waals surface area contributed by atoms with E-state index in [-0.39, 0.29) is 0 Å². The molecule has 1 atom stereocenters. The molecule has 1 radical (unpaired) electrons. The van der Waals surface area contributed by atoms with Gasteiger partial charge < -0.3 is 5.11 Å². The molecule has 1 saturated heterocycles. The molecule has 0 amide bonds. The molecule has 1 heterocycles. The van der Waals surface area contributed by atoms with Gasteiger partial charge in [-0.1, -0.05) is 13.8 Å². The molecule has 1 rings (SSSR count). The molecule has 0 bridgehead atoms. The maximum absolute atomic E-state index is 8.82. The Morgan fingerprint density at radius 3 is 2.60 bits per heavy atom. The fraction of sp³-hybridized carbons (Fsp3) is 0.875. The van der Waals surface area contributed by atoms with E-state index in [1.807, 2.05) is 0 Å². The van der Waals surface area contributed by atoms with Crippen LogP contribution in [0, 0.1) is 5.92 Å². The number of hydrogen-bond acceptors (Lipinski definition) is 2. The van der Waals surface area contributed by atoms with Crippen LogP contribution >= 0.6 is 0 Å². The van der Waals surface area contributed by atoms with Crippen LogP contribution in [-0.4, -0.2) is 35.7 Å². The highest BCUT2D eigenvalue weighted by Crippen LogP contribution is 2.18. The lowest BCUT2D eigenvalue weighted by atomic mass is 10.0. The molecule has 0 aliphatic carbocycles. The van der Waals surface area contributed by atoms with Crippen LogP contribution < -0.4 is 0 Å². The Kier molecular flexibility index (Phi) is 2.69. The van der Waals surface area contributed by atoms with E-state index in [1.54, 1.807) is 0 Å². The summed E-state index contributed by atoms with van der Waals surface area (Å²) in [5.74, 6) is 1.43. The molecule has 0 spiro atoms. The van der Waals surface area contributed by atoms with Crippen LogP contribution in [0.1, 0.15) is 20.3 Å². The lowest BCUT2D eigenvalue weighted by Gasteiger charge is -2.40.